The summed E-state index contributed by atoms with van der Waals surface area (Å²) in [6.07, 6.45) is 8.61. The summed E-state index contributed by atoms with van der Waals surface area (Å²) >= 11 is 0. The number of hydrogen-bond acceptors (Lipinski definition) is 2. The summed E-state index contributed by atoms with van der Waals surface area (Å²) in [5, 5.41) is 3.87. The molecule has 3 rings (SSSR count). The van der Waals surface area contributed by atoms with Crippen LogP contribution >= 0.6 is 0 Å². The van der Waals surface area contributed by atoms with Crippen LogP contribution in [-0.2, 0) is 0 Å². The largest absolute Gasteiger partial charge is 0.313 e. The van der Waals surface area contributed by atoms with Crippen molar-refractivity contribution in [2.45, 2.75) is 65.3 Å². The van der Waals surface area contributed by atoms with E-state index in [-0.39, 0.29) is 0 Å². The molecule has 3 fully saturated rings. The molecule has 0 aromatic heterocycles. The zero-order valence-corrected chi connectivity index (χ0v) is 13.8. The third-order valence-corrected chi connectivity index (χ3v) is 6.38. The molecule has 0 aromatic carbocycles. The van der Waals surface area contributed by atoms with Crippen molar-refractivity contribution < 1.29 is 0 Å². The fraction of sp³-hybridized carbons (Fsp3) is 1.00. The van der Waals surface area contributed by atoms with Crippen molar-refractivity contribution in [2.24, 2.45) is 23.2 Å². The van der Waals surface area contributed by atoms with E-state index in [2.05, 4.69) is 31.0 Å². The van der Waals surface area contributed by atoms with Gasteiger partial charge in [-0.15, -0.1) is 0 Å². The summed E-state index contributed by atoms with van der Waals surface area (Å²) < 4.78 is 0. The summed E-state index contributed by atoms with van der Waals surface area (Å²) in [6, 6.07) is 0.739. The predicted molar refractivity (Wildman–Crippen MR) is 85.9 cm³/mol. The van der Waals surface area contributed by atoms with Crippen molar-refractivity contribution in [1.82, 2.24) is 10.2 Å². The van der Waals surface area contributed by atoms with Gasteiger partial charge in [0.15, 0.2) is 0 Å². The Hall–Kier alpha value is -0.0800. The maximum atomic E-state index is 3.87. The molecule has 20 heavy (non-hydrogen) atoms. The molecule has 3 aliphatic rings. The number of rotatable bonds is 5. The molecule has 2 saturated carbocycles. The minimum absolute atomic E-state index is 0.495. The summed E-state index contributed by atoms with van der Waals surface area (Å²) in [6.45, 7) is 12.6. The van der Waals surface area contributed by atoms with Gasteiger partial charge in [-0.05, 0) is 61.8 Å². The van der Waals surface area contributed by atoms with Gasteiger partial charge in [-0.1, -0.05) is 27.2 Å². The first kappa shape index (κ1) is 14.8. The summed E-state index contributed by atoms with van der Waals surface area (Å²) in [5.74, 6) is 2.98. The second kappa shape index (κ2) is 5.96. The van der Waals surface area contributed by atoms with Gasteiger partial charge in [-0.25, -0.2) is 0 Å². The highest BCUT2D eigenvalue weighted by Gasteiger charge is 2.43. The van der Waals surface area contributed by atoms with Crippen molar-refractivity contribution in [2.75, 3.05) is 26.2 Å². The Morgan fingerprint density at radius 2 is 1.80 bits per heavy atom. The molecule has 2 heteroatoms. The van der Waals surface area contributed by atoms with Gasteiger partial charge in [0.1, 0.15) is 0 Å². The van der Waals surface area contributed by atoms with Crippen molar-refractivity contribution in [3.8, 4) is 0 Å². The molecule has 0 spiro atoms. The SMILES string of the molecule is CCCNC1C(CN2CC3CCCC3C2)CCC1(C)C. The van der Waals surface area contributed by atoms with Crippen LogP contribution in [0, 0.1) is 23.2 Å². The van der Waals surface area contributed by atoms with E-state index < -0.39 is 0 Å². The van der Waals surface area contributed by atoms with Gasteiger partial charge < -0.3 is 10.2 Å². The highest BCUT2D eigenvalue weighted by Crippen LogP contribution is 2.43. The first-order valence-corrected chi connectivity index (χ1v) is 9.06. The maximum Gasteiger partial charge on any atom is 0.0159 e. The zero-order valence-electron chi connectivity index (χ0n) is 13.8. The van der Waals surface area contributed by atoms with Crippen LogP contribution in [0.3, 0.4) is 0 Å². The van der Waals surface area contributed by atoms with Crippen LogP contribution in [0.4, 0.5) is 0 Å². The third-order valence-electron chi connectivity index (χ3n) is 6.38. The monoisotopic (exact) mass is 278 g/mol. The lowest BCUT2D eigenvalue weighted by Gasteiger charge is -2.33. The normalized spacial score (nSPS) is 40.4. The quantitative estimate of drug-likeness (QED) is 0.828. The number of fused-ring (bicyclic) bond motifs is 1. The lowest BCUT2D eigenvalue weighted by molar-refractivity contribution is 0.196. The number of likely N-dealkylation sites (tertiary alicyclic amines) is 1. The summed E-state index contributed by atoms with van der Waals surface area (Å²) in [7, 11) is 0. The van der Waals surface area contributed by atoms with E-state index in [0.717, 1.165) is 23.8 Å². The minimum Gasteiger partial charge on any atom is -0.313 e. The van der Waals surface area contributed by atoms with Crippen LogP contribution in [0.15, 0.2) is 0 Å². The highest BCUT2D eigenvalue weighted by molar-refractivity contribution is 4.98. The van der Waals surface area contributed by atoms with Crippen LogP contribution < -0.4 is 5.32 Å². The van der Waals surface area contributed by atoms with Crippen molar-refractivity contribution in [3.63, 3.8) is 0 Å². The Bertz CT molecular complexity index is 313. The van der Waals surface area contributed by atoms with E-state index in [9.17, 15) is 0 Å². The van der Waals surface area contributed by atoms with Gasteiger partial charge in [-0.2, -0.15) is 0 Å². The van der Waals surface area contributed by atoms with Crippen LogP contribution in [0.1, 0.15) is 59.3 Å². The molecular weight excluding hydrogens is 244 g/mol. The second-order valence-corrected chi connectivity index (χ2v) is 8.39. The smallest absolute Gasteiger partial charge is 0.0159 e. The molecule has 4 atom stereocenters. The topological polar surface area (TPSA) is 15.3 Å². The molecule has 0 bridgehead atoms. The van der Waals surface area contributed by atoms with E-state index in [1.807, 2.05) is 0 Å². The Labute approximate surface area is 125 Å². The number of nitrogens with one attached hydrogen (secondary N) is 1. The van der Waals surface area contributed by atoms with E-state index in [1.54, 1.807) is 0 Å². The molecule has 1 N–H and O–H groups in total. The first-order valence-electron chi connectivity index (χ1n) is 9.06. The van der Waals surface area contributed by atoms with Gasteiger partial charge in [0.05, 0.1) is 0 Å². The van der Waals surface area contributed by atoms with E-state index in [4.69, 9.17) is 0 Å². The minimum atomic E-state index is 0.495. The predicted octanol–water partition coefficient (Wildman–Crippen LogP) is 3.52. The van der Waals surface area contributed by atoms with Crippen LogP contribution in [0.5, 0.6) is 0 Å². The summed E-state index contributed by atoms with van der Waals surface area (Å²) in [4.78, 5) is 2.81. The van der Waals surface area contributed by atoms with Crippen LogP contribution in [0.25, 0.3) is 0 Å². The van der Waals surface area contributed by atoms with Gasteiger partial charge >= 0.3 is 0 Å². The van der Waals surface area contributed by atoms with Gasteiger partial charge in [0.2, 0.25) is 0 Å². The molecule has 1 aliphatic heterocycles. The fourth-order valence-corrected chi connectivity index (χ4v) is 5.27. The van der Waals surface area contributed by atoms with E-state index in [0.29, 0.717) is 5.41 Å². The molecule has 116 valence electrons. The second-order valence-electron chi connectivity index (χ2n) is 8.39. The Kier molecular flexibility index (Phi) is 4.42. The van der Waals surface area contributed by atoms with E-state index in [1.165, 1.54) is 64.7 Å². The average Bonchev–Trinajstić information content (AvgIpc) is 3.02. The van der Waals surface area contributed by atoms with E-state index >= 15 is 0 Å². The molecule has 4 unspecified atom stereocenters. The lowest BCUT2D eigenvalue weighted by Crippen LogP contribution is -2.45. The molecule has 1 saturated heterocycles. The average molecular weight is 278 g/mol. The Morgan fingerprint density at radius 1 is 1.10 bits per heavy atom. The maximum absolute atomic E-state index is 3.87. The molecule has 2 aliphatic carbocycles. The van der Waals surface area contributed by atoms with Gasteiger partial charge in [-0.3, -0.25) is 0 Å². The number of hydrogen-bond donors (Lipinski definition) is 1. The lowest BCUT2D eigenvalue weighted by atomic mass is 9.84. The van der Waals surface area contributed by atoms with Gasteiger partial charge in [0, 0.05) is 25.7 Å². The molecule has 2 nitrogen and oxygen atoms in total. The van der Waals surface area contributed by atoms with Crippen LogP contribution in [0.2, 0.25) is 0 Å². The van der Waals surface area contributed by atoms with Gasteiger partial charge in [0.25, 0.3) is 0 Å². The van der Waals surface area contributed by atoms with Crippen LogP contribution in [-0.4, -0.2) is 37.1 Å². The zero-order chi connectivity index (χ0) is 14.2. The van der Waals surface area contributed by atoms with Crippen molar-refractivity contribution in [1.29, 1.82) is 0 Å². The first-order chi connectivity index (χ1) is 9.60. The molecule has 0 amide bonds. The Morgan fingerprint density at radius 3 is 2.45 bits per heavy atom. The molecule has 0 aromatic rings. The molecule has 1 heterocycles. The Balaban J connectivity index is 1.56. The molecular formula is C18H34N2. The summed E-state index contributed by atoms with van der Waals surface area (Å²) in [5.41, 5.74) is 0.495. The fourth-order valence-electron chi connectivity index (χ4n) is 5.27. The number of nitrogens with zero attached hydrogens (tertiary/aromatic N) is 1. The third kappa shape index (κ3) is 2.92. The highest BCUT2D eigenvalue weighted by atomic mass is 15.2. The van der Waals surface area contributed by atoms with Crippen molar-refractivity contribution in [3.05, 3.63) is 0 Å². The van der Waals surface area contributed by atoms with Crippen molar-refractivity contribution >= 4 is 0 Å². The standard InChI is InChI=1S/C18H34N2/c1-4-10-19-17-16(8-9-18(17,2)3)13-20-11-14-6-5-7-15(14)12-20/h14-17,19H,4-13H2,1-3H3. The molecule has 0 radical (unpaired) electrons.